The molecule has 116 valence electrons. The van der Waals surface area contributed by atoms with Crippen LogP contribution < -0.4 is 5.32 Å². The van der Waals surface area contributed by atoms with Gasteiger partial charge in [0.25, 0.3) is 0 Å². The minimum Gasteiger partial charge on any atom is -0.391 e. The Morgan fingerprint density at radius 2 is 1.86 bits per heavy atom. The number of urea groups is 1. The predicted molar refractivity (Wildman–Crippen MR) is 74.8 cm³/mol. The molecule has 0 aliphatic carbocycles. The number of aliphatic hydroxyl groups excluding tert-OH is 1. The second kappa shape index (κ2) is 6.36. The highest BCUT2D eigenvalue weighted by Gasteiger charge is 2.30. The molecule has 2 amide bonds. The zero-order valence-electron chi connectivity index (χ0n) is 12.0. The van der Waals surface area contributed by atoms with Gasteiger partial charge in [0, 0.05) is 11.8 Å². The number of rotatable bonds is 3. The minimum atomic E-state index is -0.726. The Kier molecular flexibility index (Phi) is 4.74. The first-order chi connectivity index (χ1) is 9.92. The number of carbonyl (C=O) groups excluding carboxylic acids is 1. The Bertz CT molecular complexity index is 497. The first-order valence-corrected chi connectivity index (χ1v) is 6.88. The normalized spacial score (nSPS) is 17.6. The Hall–Kier alpha value is -1.73. The molecule has 21 heavy (non-hydrogen) atoms. The highest BCUT2D eigenvalue weighted by atomic mass is 19.1. The fraction of sp³-hybridized carbons (Fsp3) is 0.500. The monoisotopic (exact) mass is 300 g/mol. The molecule has 0 spiro atoms. The molecule has 0 bridgehead atoms. The third-order valence-electron chi connectivity index (χ3n) is 3.86. The number of aliphatic hydroxyl groups is 1. The summed E-state index contributed by atoms with van der Waals surface area (Å²) in [5.41, 5.74) is 0.107. The summed E-state index contributed by atoms with van der Waals surface area (Å²) in [5, 5.41) is 11.5. The van der Waals surface area contributed by atoms with Gasteiger partial charge in [-0.2, -0.15) is 0 Å². The Morgan fingerprint density at radius 1 is 1.29 bits per heavy atom. The number of benzene rings is 1. The van der Waals surface area contributed by atoms with Gasteiger partial charge in [-0.1, -0.05) is 0 Å². The molecule has 1 aromatic carbocycles. The summed E-state index contributed by atoms with van der Waals surface area (Å²) in [6.07, 6.45) is 0. The van der Waals surface area contributed by atoms with E-state index in [9.17, 15) is 13.6 Å². The van der Waals surface area contributed by atoms with Crippen molar-refractivity contribution in [3.05, 3.63) is 29.8 Å². The smallest absolute Gasteiger partial charge is 0.322 e. The van der Waals surface area contributed by atoms with Crippen LogP contribution in [0.1, 0.15) is 0 Å². The summed E-state index contributed by atoms with van der Waals surface area (Å²) in [7, 11) is 2.04. The molecule has 7 heteroatoms. The van der Waals surface area contributed by atoms with Crippen molar-refractivity contribution in [3.8, 4) is 0 Å². The third-order valence-corrected chi connectivity index (χ3v) is 3.86. The summed E-state index contributed by atoms with van der Waals surface area (Å²) < 4.78 is 26.9. The van der Waals surface area contributed by atoms with Gasteiger partial charge in [0.1, 0.15) is 18.2 Å². The van der Waals surface area contributed by atoms with E-state index < -0.39 is 11.6 Å². The number of nitrogens with one attached hydrogen (secondary N) is 1. The summed E-state index contributed by atoms with van der Waals surface area (Å²) in [5.74, 6) is -1.45. The van der Waals surface area contributed by atoms with Crippen molar-refractivity contribution in [1.29, 1.82) is 0 Å². The SMILES string of the molecule is C[N+]1(CCO)CCN(C(=O)Nc2cc(F)cc(F)c2)CC1. The number of hydrogen-bond acceptors (Lipinski definition) is 2. The largest absolute Gasteiger partial charge is 0.391 e. The average Bonchev–Trinajstić information content (AvgIpc) is 2.38. The summed E-state index contributed by atoms with van der Waals surface area (Å²) >= 11 is 0. The lowest BCUT2D eigenvalue weighted by molar-refractivity contribution is -0.913. The van der Waals surface area contributed by atoms with Gasteiger partial charge in [-0.3, -0.25) is 0 Å². The quantitative estimate of drug-likeness (QED) is 0.826. The van der Waals surface area contributed by atoms with Crippen molar-refractivity contribution in [3.63, 3.8) is 0 Å². The standard InChI is InChI=1S/C14H19F2N3O2/c1-19(6-7-20)4-2-18(3-5-19)14(21)17-13-9-11(15)8-12(16)10-13/h8-10,20H,2-7H2,1H3/p+1. The molecule has 2 N–H and O–H groups in total. The molecule has 1 fully saturated rings. The van der Waals surface area contributed by atoms with Crippen LogP contribution in [0.25, 0.3) is 0 Å². The van der Waals surface area contributed by atoms with Gasteiger partial charge in [-0.05, 0) is 12.1 Å². The molecule has 0 atom stereocenters. The maximum atomic E-state index is 13.1. The van der Waals surface area contributed by atoms with Crippen LogP contribution >= 0.6 is 0 Å². The average molecular weight is 300 g/mol. The molecule has 2 rings (SSSR count). The van der Waals surface area contributed by atoms with Gasteiger partial charge >= 0.3 is 6.03 Å². The van der Waals surface area contributed by atoms with Crippen molar-refractivity contribution < 1.29 is 23.2 Å². The fourth-order valence-electron chi connectivity index (χ4n) is 2.44. The van der Waals surface area contributed by atoms with E-state index in [1.54, 1.807) is 4.90 Å². The summed E-state index contributed by atoms with van der Waals surface area (Å²) in [4.78, 5) is 13.7. The lowest BCUT2D eigenvalue weighted by Crippen LogP contribution is -2.59. The molecule has 5 nitrogen and oxygen atoms in total. The van der Waals surface area contributed by atoms with Crippen molar-refractivity contribution in [2.24, 2.45) is 0 Å². The zero-order chi connectivity index (χ0) is 15.5. The van der Waals surface area contributed by atoms with Crippen molar-refractivity contribution in [2.45, 2.75) is 0 Å². The number of hydrogen-bond donors (Lipinski definition) is 2. The van der Waals surface area contributed by atoms with Crippen LogP contribution in [0, 0.1) is 11.6 Å². The van der Waals surface area contributed by atoms with Crippen LogP contribution in [-0.2, 0) is 0 Å². The molecule has 1 aliphatic rings. The molecule has 1 saturated heterocycles. The van der Waals surface area contributed by atoms with E-state index in [2.05, 4.69) is 5.32 Å². The van der Waals surface area contributed by atoms with Crippen LogP contribution in [-0.4, -0.2) is 66.9 Å². The van der Waals surface area contributed by atoms with E-state index in [0.717, 1.165) is 35.8 Å². The highest BCUT2D eigenvalue weighted by molar-refractivity contribution is 5.89. The van der Waals surface area contributed by atoms with Gasteiger partial charge in [-0.15, -0.1) is 0 Å². The summed E-state index contributed by atoms with van der Waals surface area (Å²) in [6.45, 7) is 3.34. The molecule has 0 unspecified atom stereocenters. The van der Waals surface area contributed by atoms with Crippen molar-refractivity contribution in [2.75, 3.05) is 51.7 Å². The number of amides is 2. The van der Waals surface area contributed by atoms with Gasteiger partial charge in [0.05, 0.1) is 39.8 Å². The van der Waals surface area contributed by atoms with Crippen molar-refractivity contribution in [1.82, 2.24) is 4.90 Å². The molecular formula is C14H20F2N3O2+. The number of likely N-dealkylation sites (N-methyl/N-ethyl adjacent to an activating group) is 1. The second-order valence-electron chi connectivity index (χ2n) is 5.59. The predicted octanol–water partition coefficient (Wildman–Crippen LogP) is 1.25. The Morgan fingerprint density at radius 3 is 2.38 bits per heavy atom. The van der Waals surface area contributed by atoms with E-state index in [0.29, 0.717) is 19.6 Å². The van der Waals surface area contributed by atoms with Crippen LogP contribution in [0.5, 0.6) is 0 Å². The van der Waals surface area contributed by atoms with Gasteiger partial charge in [-0.25, -0.2) is 13.6 Å². The minimum absolute atomic E-state index is 0.107. The molecule has 0 saturated carbocycles. The van der Waals surface area contributed by atoms with Gasteiger partial charge < -0.3 is 19.8 Å². The van der Waals surface area contributed by atoms with Crippen LogP contribution in [0.3, 0.4) is 0 Å². The number of piperazine rings is 1. The second-order valence-corrected chi connectivity index (χ2v) is 5.59. The number of carbonyl (C=O) groups is 1. The maximum Gasteiger partial charge on any atom is 0.322 e. The van der Waals surface area contributed by atoms with E-state index in [4.69, 9.17) is 5.11 Å². The van der Waals surface area contributed by atoms with Crippen LogP contribution in [0.15, 0.2) is 18.2 Å². The van der Waals surface area contributed by atoms with Gasteiger partial charge in [0.2, 0.25) is 0 Å². The Balaban J connectivity index is 1.93. The molecule has 0 aromatic heterocycles. The first kappa shape index (κ1) is 15.7. The molecule has 1 aromatic rings. The lowest BCUT2D eigenvalue weighted by atomic mass is 10.2. The highest BCUT2D eigenvalue weighted by Crippen LogP contribution is 2.15. The number of quaternary nitrogens is 1. The number of anilines is 1. The van der Waals surface area contributed by atoms with E-state index in [-0.39, 0.29) is 18.3 Å². The fourth-order valence-corrected chi connectivity index (χ4v) is 2.44. The van der Waals surface area contributed by atoms with Crippen LogP contribution in [0.4, 0.5) is 19.3 Å². The van der Waals surface area contributed by atoms with E-state index in [1.807, 2.05) is 7.05 Å². The van der Waals surface area contributed by atoms with Gasteiger partial charge in [0.15, 0.2) is 0 Å². The molecular weight excluding hydrogens is 280 g/mol. The summed E-state index contributed by atoms with van der Waals surface area (Å²) in [6, 6.07) is 2.55. The molecule has 1 heterocycles. The Labute approximate surface area is 122 Å². The van der Waals surface area contributed by atoms with Crippen molar-refractivity contribution >= 4 is 11.7 Å². The number of nitrogens with zero attached hydrogens (tertiary/aromatic N) is 2. The lowest BCUT2D eigenvalue weighted by Gasteiger charge is -2.41. The van der Waals surface area contributed by atoms with E-state index in [1.165, 1.54) is 0 Å². The topological polar surface area (TPSA) is 52.6 Å². The first-order valence-electron chi connectivity index (χ1n) is 6.88. The maximum absolute atomic E-state index is 13.1. The van der Waals surface area contributed by atoms with Crippen LogP contribution in [0.2, 0.25) is 0 Å². The zero-order valence-corrected chi connectivity index (χ0v) is 12.0. The third kappa shape index (κ3) is 4.12. The number of halogens is 2. The molecule has 0 radical (unpaired) electrons. The molecule has 1 aliphatic heterocycles. The van der Waals surface area contributed by atoms with E-state index >= 15 is 0 Å².